The van der Waals surface area contributed by atoms with Gasteiger partial charge in [-0.25, -0.2) is 17.9 Å². The van der Waals surface area contributed by atoms with E-state index < -0.39 is 22.1 Å². The van der Waals surface area contributed by atoms with E-state index >= 15 is 0 Å². The summed E-state index contributed by atoms with van der Waals surface area (Å²) in [6.45, 7) is 5.45. The number of nitrogens with one attached hydrogen (secondary N) is 3. The molecule has 0 fully saturated rings. The van der Waals surface area contributed by atoms with Crippen molar-refractivity contribution in [1.29, 1.82) is 0 Å². The predicted octanol–water partition coefficient (Wildman–Crippen LogP) is 0.508. The highest BCUT2D eigenvalue weighted by atomic mass is 32.2. The molecule has 0 aliphatic carbocycles. The normalized spacial score (nSPS) is 12.3. The van der Waals surface area contributed by atoms with E-state index in [-0.39, 0.29) is 10.8 Å². The summed E-state index contributed by atoms with van der Waals surface area (Å²) in [5.74, 6) is -0.389. The van der Waals surface area contributed by atoms with Crippen molar-refractivity contribution in [3.05, 3.63) is 29.8 Å². The van der Waals surface area contributed by atoms with E-state index in [0.29, 0.717) is 6.54 Å². The van der Waals surface area contributed by atoms with Gasteiger partial charge in [-0.05, 0) is 32.9 Å². The largest absolute Gasteiger partial charge is 0.355 e. The van der Waals surface area contributed by atoms with E-state index in [1.54, 1.807) is 19.1 Å². The number of rotatable bonds is 5. The molecule has 1 atom stereocenters. The topological polar surface area (TPSA) is 104 Å². The number of hydrogen-bond donors (Lipinski definition) is 3. The van der Waals surface area contributed by atoms with Gasteiger partial charge in [-0.2, -0.15) is 0 Å². The van der Waals surface area contributed by atoms with Gasteiger partial charge < -0.3 is 10.6 Å². The van der Waals surface area contributed by atoms with Crippen molar-refractivity contribution in [3.63, 3.8) is 0 Å². The first-order valence-electron chi connectivity index (χ1n) is 6.44. The molecule has 0 radical (unpaired) electrons. The maximum absolute atomic E-state index is 12.0. The lowest BCUT2D eigenvalue weighted by Crippen LogP contribution is -2.49. The van der Waals surface area contributed by atoms with Gasteiger partial charge in [-0.15, -0.1) is 0 Å². The van der Waals surface area contributed by atoms with Crippen molar-refractivity contribution in [2.24, 2.45) is 0 Å². The van der Waals surface area contributed by atoms with Crippen LogP contribution >= 0.6 is 0 Å². The summed E-state index contributed by atoms with van der Waals surface area (Å²) < 4.78 is 25.8. The highest BCUT2D eigenvalue weighted by molar-refractivity contribution is 7.90. The van der Waals surface area contributed by atoms with Crippen LogP contribution in [0, 0.1) is 6.92 Å². The van der Waals surface area contributed by atoms with E-state index in [4.69, 9.17) is 0 Å². The summed E-state index contributed by atoms with van der Waals surface area (Å²) in [6.07, 6.45) is 0. The lowest BCUT2D eigenvalue weighted by atomic mass is 10.2. The fraction of sp³-hybridized carbons (Fsp3) is 0.385. The van der Waals surface area contributed by atoms with E-state index in [0.717, 1.165) is 5.56 Å². The number of sulfonamides is 1. The Morgan fingerprint density at radius 3 is 2.29 bits per heavy atom. The van der Waals surface area contributed by atoms with Gasteiger partial charge in [0.2, 0.25) is 5.91 Å². The number of carbonyl (C=O) groups is 2. The lowest BCUT2D eigenvalue weighted by molar-refractivity contribution is -0.122. The average Bonchev–Trinajstić information content (AvgIpc) is 2.38. The number of amides is 3. The van der Waals surface area contributed by atoms with Crippen LogP contribution in [0.2, 0.25) is 0 Å². The monoisotopic (exact) mass is 313 g/mol. The van der Waals surface area contributed by atoms with Crippen LogP contribution in [0.4, 0.5) is 4.79 Å². The molecular formula is C13H19N3O4S. The first-order valence-corrected chi connectivity index (χ1v) is 7.92. The Bertz CT molecular complexity index is 611. The first-order chi connectivity index (χ1) is 9.76. The standard InChI is InChI=1S/C13H19N3O4S/c1-4-14-12(17)10(3)15-13(18)16-21(19,20)11-7-5-9(2)6-8-11/h5-8,10H,4H2,1-3H3,(H,14,17)(H2,15,16,18). The van der Waals surface area contributed by atoms with E-state index in [1.165, 1.54) is 19.1 Å². The lowest BCUT2D eigenvalue weighted by Gasteiger charge is -2.14. The summed E-state index contributed by atoms with van der Waals surface area (Å²) >= 11 is 0. The second-order valence-electron chi connectivity index (χ2n) is 4.51. The molecule has 0 spiro atoms. The Morgan fingerprint density at radius 1 is 1.19 bits per heavy atom. The van der Waals surface area contributed by atoms with Crippen molar-refractivity contribution in [1.82, 2.24) is 15.4 Å². The maximum atomic E-state index is 12.0. The van der Waals surface area contributed by atoms with Crippen LogP contribution in [0.1, 0.15) is 19.4 Å². The zero-order valence-corrected chi connectivity index (χ0v) is 13.0. The van der Waals surface area contributed by atoms with E-state index in [1.807, 2.05) is 11.6 Å². The van der Waals surface area contributed by atoms with Crippen molar-refractivity contribution >= 4 is 22.0 Å². The molecule has 3 amide bonds. The van der Waals surface area contributed by atoms with Crippen LogP contribution in [0.3, 0.4) is 0 Å². The third-order valence-electron chi connectivity index (χ3n) is 2.65. The summed E-state index contributed by atoms with van der Waals surface area (Å²) in [5.41, 5.74) is 0.906. The molecule has 0 bridgehead atoms. The molecule has 1 unspecified atom stereocenters. The highest BCUT2D eigenvalue weighted by Gasteiger charge is 2.20. The minimum absolute atomic E-state index is 0.0195. The SMILES string of the molecule is CCNC(=O)C(C)NC(=O)NS(=O)(=O)c1ccc(C)cc1. The van der Waals surface area contributed by atoms with Gasteiger partial charge in [0.15, 0.2) is 0 Å². The Kier molecular flexibility index (Phi) is 5.71. The number of likely N-dealkylation sites (N-methyl/N-ethyl adjacent to an activating group) is 1. The molecule has 1 rings (SSSR count). The fourth-order valence-corrected chi connectivity index (χ4v) is 2.43. The molecule has 0 aliphatic rings. The number of hydrogen-bond acceptors (Lipinski definition) is 4. The third-order valence-corrected chi connectivity index (χ3v) is 4.00. The number of benzene rings is 1. The van der Waals surface area contributed by atoms with Crippen molar-refractivity contribution in [2.45, 2.75) is 31.7 Å². The predicted molar refractivity (Wildman–Crippen MR) is 78.2 cm³/mol. The summed E-state index contributed by atoms with van der Waals surface area (Å²) in [4.78, 5) is 23.1. The molecule has 21 heavy (non-hydrogen) atoms. The molecule has 3 N–H and O–H groups in total. The number of urea groups is 1. The Labute approximate surface area is 124 Å². The zero-order valence-electron chi connectivity index (χ0n) is 12.1. The van der Waals surface area contributed by atoms with E-state index in [9.17, 15) is 18.0 Å². The van der Waals surface area contributed by atoms with Crippen molar-refractivity contribution in [3.8, 4) is 0 Å². The minimum atomic E-state index is -3.95. The second-order valence-corrected chi connectivity index (χ2v) is 6.19. The Balaban J connectivity index is 2.69. The van der Waals surface area contributed by atoms with Crippen LogP contribution in [-0.4, -0.2) is 32.9 Å². The van der Waals surface area contributed by atoms with Gasteiger partial charge in [0.05, 0.1) is 4.90 Å². The van der Waals surface area contributed by atoms with Gasteiger partial charge in [-0.3, -0.25) is 4.79 Å². The van der Waals surface area contributed by atoms with Crippen LogP contribution in [0.25, 0.3) is 0 Å². The summed E-state index contributed by atoms with van der Waals surface area (Å²) in [6, 6.07) is 4.27. The van der Waals surface area contributed by atoms with Crippen LogP contribution in [0.5, 0.6) is 0 Å². The fourth-order valence-electron chi connectivity index (χ4n) is 1.52. The van der Waals surface area contributed by atoms with Gasteiger partial charge >= 0.3 is 6.03 Å². The van der Waals surface area contributed by atoms with Crippen LogP contribution < -0.4 is 15.4 Å². The van der Waals surface area contributed by atoms with Gasteiger partial charge in [0.1, 0.15) is 6.04 Å². The Morgan fingerprint density at radius 2 is 1.76 bits per heavy atom. The molecule has 0 saturated carbocycles. The molecule has 0 aliphatic heterocycles. The molecule has 0 saturated heterocycles. The molecule has 8 heteroatoms. The van der Waals surface area contributed by atoms with Crippen LogP contribution in [0.15, 0.2) is 29.2 Å². The number of aryl methyl sites for hydroxylation is 1. The van der Waals surface area contributed by atoms with Crippen molar-refractivity contribution in [2.75, 3.05) is 6.54 Å². The smallest absolute Gasteiger partial charge is 0.329 e. The minimum Gasteiger partial charge on any atom is -0.355 e. The van der Waals surface area contributed by atoms with Gasteiger partial charge in [0.25, 0.3) is 10.0 Å². The van der Waals surface area contributed by atoms with Crippen LogP contribution in [-0.2, 0) is 14.8 Å². The van der Waals surface area contributed by atoms with Crippen molar-refractivity contribution < 1.29 is 18.0 Å². The highest BCUT2D eigenvalue weighted by Crippen LogP contribution is 2.09. The summed E-state index contributed by atoms with van der Waals surface area (Å²) in [7, 11) is -3.95. The molecule has 116 valence electrons. The number of carbonyl (C=O) groups excluding carboxylic acids is 2. The first kappa shape index (κ1) is 17.0. The molecular weight excluding hydrogens is 294 g/mol. The zero-order chi connectivity index (χ0) is 16.0. The summed E-state index contributed by atoms with van der Waals surface area (Å²) in [5, 5.41) is 4.78. The quantitative estimate of drug-likeness (QED) is 0.736. The average molecular weight is 313 g/mol. The van der Waals surface area contributed by atoms with Gasteiger partial charge in [0, 0.05) is 6.54 Å². The molecule has 0 heterocycles. The van der Waals surface area contributed by atoms with Gasteiger partial charge in [-0.1, -0.05) is 17.7 Å². The molecule has 7 nitrogen and oxygen atoms in total. The Hall–Kier alpha value is -2.09. The van der Waals surface area contributed by atoms with E-state index in [2.05, 4.69) is 10.6 Å². The molecule has 1 aromatic carbocycles. The maximum Gasteiger partial charge on any atom is 0.329 e. The molecule has 1 aromatic rings. The third kappa shape index (κ3) is 5.07. The second kappa shape index (κ2) is 7.07. The molecule has 0 aromatic heterocycles.